The predicted octanol–water partition coefficient (Wildman–Crippen LogP) is 3.89. The normalized spacial score (nSPS) is 10.3. The van der Waals surface area contributed by atoms with Gasteiger partial charge in [0.2, 0.25) is 0 Å². The number of ether oxygens (including phenoxy) is 1. The highest BCUT2D eigenvalue weighted by atomic mass is 16.5. The van der Waals surface area contributed by atoms with Crippen molar-refractivity contribution in [3.8, 4) is 5.75 Å². The SMILES string of the molecule is CCN(Cc1ccccc1)C(=O)c1cc(Nc2ccc(OC)cc2)ncn1. The maximum atomic E-state index is 12.9. The molecule has 6 heteroatoms. The Morgan fingerprint density at radius 3 is 2.48 bits per heavy atom. The van der Waals surface area contributed by atoms with Crippen LogP contribution >= 0.6 is 0 Å². The first kappa shape index (κ1) is 18.4. The van der Waals surface area contributed by atoms with Crippen molar-refractivity contribution >= 4 is 17.4 Å². The van der Waals surface area contributed by atoms with Crippen LogP contribution in [0.3, 0.4) is 0 Å². The van der Waals surface area contributed by atoms with Gasteiger partial charge in [-0.05, 0) is 36.8 Å². The van der Waals surface area contributed by atoms with Gasteiger partial charge in [0.05, 0.1) is 7.11 Å². The molecule has 1 heterocycles. The van der Waals surface area contributed by atoms with Crippen molar-refractivity contribution in [2.24, 2.45) is 0 Å². The zero-order chi connectivity index (χ0) is 19.1. The van der Waals surface area contributed by atoms with E-state index in [1.165, 1.54) is 6.33 Å². The number of hydrogen-bond donors (Lipinski definition) is 1. The zero-order valence-electron chi connectivity index (χ0n) is 15.4. The van der Waals surface area contributed by atoms with Crippen molar-refractivity contribution in [1.82, 2.24) is 14.9 Å². The third kappa shape index (κ3) is 4.82. The lowest BCUT2D eigenvalue weighted by molar-refractivity contribution is 0.0746. The largest absolute Gasteiger partial charge is 0.497 e. The maximum absolute atomic E-state index is 12.9. The van der Waals surface area contributed by atoms with Crippen LogP contribution < -0.4 is 10.1 Å². The fraction of sp³-hybridized carbons (Fsp3) is 0.190. The number of aromatic nitrogens is 2. The molecule has 3 aromatic rings. The molecule has 0 fully saturated rings. The first-order valence-corrected chi connectivity index (χ1v) is 8.76. The highest BCUT2D eigenvalue weighted by Gasteiger charge is 2.16. The van der Waals surface area contributed by atoms with Crippen LogP contribution in [0.4, 0.5) is 11.5 Å². The van der Waals surface area contributed by atoms with E-state index in [1.54, 1.807) is 18.1 Å². The van der Waals surface area contributed by atoms with Crippen LogP contribution in [0.15, 0.2) is 67.0 Å². The third-order valence-corrected chi connectivity index (χ3v) is 4.13. The average molecular weight is 362 g/mol. The Balaban J connectivity index is 1.73. The number of amides is 1. The van der Waals surface area contributed by atoms with Crippen molar-refractivity contribution in [3.63, 3.8) is 0 Å². The van der Waals surface area contributed by atoms with Crippen molar-refractivity contribution in [1.29, 1.82) is 0 Å². The van der Waals surface area contributed by atoms with E-state index < -0.39 is 0 Å². The summed E-state index contributed by atoms with van der Waals surface area (Å²) < 4.78 is 5.15. The molecular formula is C21H22N4O2. The topological polar surface area (TPSA) is 67.4 Å². The van der Waals surface area contributed by atoms with Crippen LogP contribution in [0.25, 0.3) is 0 Å². The molecule has 0 aliphatic carbocycles. The third-order valence-electron chi connectivity index (χ3n) is 4.13. The van der Waals surface area contributed by atoms with Crippen LogP contribution in [0.1, 0.15) is 23.0 Å². The molecule has 0 saturated heterocycles. The van der Waals surface area contributed by atoms with Gasteiger partial charge in [0.1, 0.15) is 23.6 Å². The number of benzene rings is 2. The van der Waals surface area contributed by atoms with E-state index in [1.807, 2.05) is 61.5 Å². The van der Waals surface area contributed by atoms with Crippen molar-refractivity contribution in [3.05, 3.63) is 78.2 Å². The Morgan fingerprint density at radius 2 is 1.81 bits per heavy atom. The number of anilines is 2. The fourth-order valence-corrected chi connectivity index (χ4v) is 2.66. The molecule has 0 radical (unpaired) electrons. The van der Waals surface area contributed by atoms with Gasteiger partial charge in [-0.2, -0.15) is 0 Å². The number of methoxy groups -OCH3 is 1. The van der Waals surface area contributed by atoms with Gasteiger partial charge in [-0.15, -0.1) is 0 Å². The minimum atomic E-state index is -0.124. The van der Waals surface area contributed by atoms with Crippen molar-refractivity contribution < 1.29 is 9.53 Å². The summed E-state index contributed by atoms with van der Waals surface area (Å²) in [6, 6.07) is 19.1. The molecule has 1 N–H and O–H groups in total. The smallest absolute Gasteiger partial charge is 0.272 e. The highest BCUT2D eigenvalue weighted by molar-refractivity contribution is 5.93. The van der Waals surface area contributed by atoms with E-state index in [2.05, 4.69) is 15.3 Å². The summed E-state index contributed by atoms with van der Waals surface area (Å²) in [6.07, 6.45) is 1.40. The lowest BCUT2D eigenvalue weighted by atomic mass is 10.2. The number of carbonyl (C=O) groups excluding carboxylic acids is 1. The second-order valence-corrected chi connectivity index (χ2v) is 5.95. The van der Waals surface area contributed by atoms with Gasteiger partial charge in [-0.1, -0.05) is 30.3 Å². The molecule has 0 aliphatic rings. The summed E-state index contributed by atoms with van der Waals surface area (Å²) in [5, 5.41) is 3.18. The second-order valence-electron chi connectivity index (χ2n) is 5.95. The maximum Gasteiger partial charge on any atom is 0.272 e. The molecule has 27 heavy (non-hydrogen) atoms. The van der Waals surface area contributed by atoms with Gasteiger partial charge >= 0.3 is 0 Å². The summed E-state index contributed by atoms with van der Waals surface area (Å²) in [5.41, 5.74) is 2.29. The molecule has 0 saturated carbocycles. The standard InChI is InChI=1S/C21H22N4O2/c1-3-25(14-16-7-5-4-6-8-16)21(26)19-13-20(23-15-22-19)24-17-9-11-18(27-2)12-10-17/h4-13,15H,3,14H2,1-2H3,(H,22,23,24). The summed E-state index contributed by atoms with van der Waals surface area (Å²) in [6.45, 7) is 3.10. The van der Waals surface area contributed by atoms with Crippen LogP contribution in [0, 0.1) is 0 Å². The summed E-state index contributed by atoms with van der Waals surface area (Å²) in [5.74, 6) is 1.22. The molecule has 0 aliphatic heterocycles. The summed E-state index contributed by atoms with van der Waals surface area (Å²) in [4.78, 5) is 23.0. The van der Waals surface area contributed by atoms with Gasteiger partial charge < -0.3 is 15.0 Å². The second kappa shape index (κ2) is 8.80. The molecule has 0 spiro atoms. The number of carbonyl (C=O) groups is 1. The summed E-state index contributed by atoms with van der Waals surface area (Å²) >= 11 is 0. The van der Waals surface area contributed by atoms with Crippen LogP contribution in [0.5, 0.6) is 5.75 Å². The van der Waals surface area contributed by atoms with Gasteiger partial charge in [0.25, 0.3) is 5.91 Å². The average Bonchev–Trinajstić information content (AvgIpc) is 2.73. The van der Waals surface area contributed by atoms with Crippen LogP contribution in [0.2, 0.25) is 0 Å². The molecule has 0 bridgehead atoms. The van der Waals surface area contributed by atoms with Crippen molar-refractivity contribution in [2.75, 3.05) is 19.0 Å². The van der Waals surface area contributed by atoms with Crippen LogP contribution in [-0.4, -0.2) is 34.4 Å². The van der Waals surface area contributed by atoms with Gasteiger partial charge in [-0.3, -0.25) is 4.79 Å². The van der Waals surface area contributed by atoms with E-state index in [9.17, 15) is 4.79 Å². The quantitative estimate of drug-likeness (QED) is 0.691. The predicted molar refractivity (Wildman–Crippen MR) is 105 cm³/mol. The Morgan fingerprint density at radius 1 is 1.07 bits per heavy atom. The monoisotopic (exact) mass is 362 g/mol. The summed E-state index contributed by atoms with van der Waals surface area (Å²) in [7, 11) is 1.62. The van der Waals surface area contributed by atoms with E-state index in [0.29, 0.717) is 24.6 Å². The minimum Gasteiger partial charge on any atom is -0.497 e. The molecule has 138 valence electrons. The number of hydrogen-bond acceptors (Lipinski definition) is 5. The van der Waals surface area contributed by atoms with E-state index >= 15 is 0 Å². The van der Waals surface area contributed by atoms with E-state index in [4.69, 9.17) is 4.74 Å². The number of nitrogens with zero attached hydrogens (tertiary/aromatic N) is 3. The van der Waals surface area contributed by atoms with Gasteiger partial charge in [-0.25, -0.2) is 9.97 Å². The number of rotatable bonds is 7. The zero-order valence-corrected chi connectivity index (χ0v) is 15.4. The Kier molecular flexibility index (Phi) is 5.99. The molecule has 1 aromatic heterocycles. The Hall–Kier alpha value is -3.41. The number of nitrogens with one attached hydrogen (secondary N) is 1. The molecular weight excluding hydrogens is 340 g/mol. The first-order chi connectivity index (χ1) is 13.2. The lowest BCUT2D eigenvalue weighted by Crippen LogP contribution is -2.31. The molecule has 0 atom stereocenters. The molecule has 0 unspecified atom stereocenters. The molecule has 6 nitrogen and oxygen atoms in total. The van der Waals surface area contributed by atoms with Crippen LogP contribution in [-0.2, 0) is 6.54 Å². The first-order valence-electron chi connectivity index (χ1n) is 8.76. The molecule has 2 aromatic carbocycles. The minimum absolute atomic E-state index is 0.124. The van der Waals surface area contributed by atoms with Crippen molar-refractivity contribution in [2.45, 2.75) is 13.5 Å². The van der Waals surface area contributed by atoms with Gasteiger partial charge in [0, 0.05) is 24.8 Å². The Bertz CT molecular complexity index is 882. The molecule has 3 rings (SSSR count). The van der Waals surface area contributed by atoms with E-state index in [-0.39, 0.29) is 5.91 Å². The molecule has 1 amide bonds. The lowest BCUT2D eigenvalue weighted by Gasteiger charge is -2.20. The van der Waals surface area contributed by atoms with Gasteiger partial charge in [0.15, 0.2) is 0 Å². The fourth-order valence-electron chi connectivity index (χ4n) is 2.66. The van der Waals surface area contributed by atoms with E-state index in [0.717, 1.165) is 17.0 Å². The Labute approximate surface area is 158 Å². The highest BCUT2D eigenvalue weighted by Crippen LogP contribution is 2.19.